The Bertz CT molecular complexity index is 856. The van der Waals surface area contributed by atoms with E-state index < -0.39 is 0 Å². The van der Waals surface area contributed by atoms with E-state index >= 15 is 0 Å². The number of anilines is 1. The molecule has 0 bridgehead atoms. The third-order valence-corrected chi connectivity index (χ3v) is 3.31. The van der Waals surface area contributed by atoms with Crippen LogP contribution < -0.4 is 21.6 Å². The average molecular weight is 296 g/mol. The number of nitrogens with zero attached hydrogens (tertiary/aromatic N) is 2. The highest BCUT2D eigenvalue weighted by atomic mass is 16.5. The van der Waals surface area contributed by atoms with Gasteiger partial charge in [-0.15, -0.1) is 0 Å². The van der Waals surface area contributed by atoms with Crippen LogP contribution in [0.25, 0.3) is 16.6 Å². The van der Waals surface area contributed by atoms with Gasteiger partial charge in [0.2, 0.25) is 5.95 Å². The molecule has 0 saturated heterocycles. The Morgan fingerprint density at radius 2 is 1.91 bits per heavy atom. The molecule has 0 unspecified atom stereocenters. The van der Waals surface area contributed by atoms with E-state index in [4.69, 9.17) is 10.6 Å². The Morgan fingerprint density at radius 1 is 1.18 bits per heavy atom. The summed E-state index contributed by atoms with van der Waals surface area (Å²) in [7, 11) is 0. The van der Waals surface area contributed by atoms with Crippen molar-refractivity contribution < 1.29 is 4.74 Å². The Labute approximate surface area is 127 Å². The number of hydrogen-bond donors (Lipinski definition) is 2. The van der Waals surface area contributed by atoms with E-state index in [1.807, 2.05) is 19.1 Å². The van der Waals surface area contributed by atoms with Crippen molar-refractivity contribution in [2.24, 2.45) is 5.84 Å². The predicted octanol–water partition coefficient (Wildman–Crippen LogP) is 2.07. The third kappa shape index (κ3) is 2.40. The summed E-state index contributed by atoms with van der Waals surface area (Å²) in [6, 6.07) is 14.4. The molecule has 0 aliphatic rings. The lowest BCUT2D eigenvalue weighted by Gasteiger charge is -2.13. The molecule has 22 heavy (non-hydrogen) atoms. The zero-order chi connectivity index (χ0) is 15.5. The first-order valence-electron chi connectivity index (χ1n) is 6.96. The van der Waals surface area contributed by atoms with Crippen molar-refractivity contribution in [2.45, 2.75) is 6.92 Å². The molecule has 1 aromatic heterocycles. The smallest absolute Gasteiger partial charge is 0.267 e. The summed E-state index contributed by atoms with van der Waals surface area (Å²) in [5.74, 6) is 6.56. The number of para-hydroxylation sites is 1. The van der Waals surface area contributed by atoms with Crippen molar-refractivity contribution in [3.63, 3.8) is 0 Å². The van der Waals surface area contributed by atoms with Crippen molar-refractivity contribution in [3.8, 4) is 11.4 Å². The summed E-state index contributed by atoms with van der Waals surface area (Å²) in [4.78, 5) is 17.1. The summed E-state index contributed by atoms with van der Waals surface area (Å²) in [6.45, 7) is 2.51. The Hall–Kier alpha value is -2.86. The van der Waals surface area contributed by atoms with Crippen molar-refractivity contribution in [1.29, 1.82) is 0 Å². The van der Waals surface area contributed by atoms with Crippen LogP contribution in [0.1, 0.15) is 6.92 Å². The predicted molar refractivity (Wildman–Crippen MR) is 86.3 cm³/mol. The second-order valence-corrected chi connectivity index (χ2v) is 4.66. The summed E-state index contributed by atoms with van der Waals surface area (Å²) >= 11 is 0. The number of hydrazine groups is 1. The Balaban J connectivity index is 2.20. The van der Waals surface area contributed by atoms with Gasteiger partial charge in [0, 0.05) is 0 Å². The van der Waals surface area contributed by atoms with Crippen LogP contribution in [0.3, 0.4) is 0 Å². The van der Waals surface area contributed by atoms with Crippen molar-refractivity contribution >= 4 is 16.9 Å². The molecule has 1 heterocycles. The van der Waals surface area contributed by atoms with Crippen LogP contribution in [-0.4, -0.2) is 16.2 Å². The van der Waals surface area contributed by atoms with E-state index in [0.29, 0.717) is 23.2 Å². The molecule has 6 heteroatoms. The number of hydrogen-bond acceptors (Lipinski definition) is 5. The van der Waals surface area contributed by atoms with Crippen LogP contribution in [0.5, 0.6) is 5.75 Å². The maximum atomic E-state index is 12.7. The second kappa shape index (κ2) is 5.87. The monoisotopic (exact) mass is 296 g/mol. The highest BCUT2D eigenvalue weighted by molar-refractivity contribution is 5.79. The minimum atomic E-state index is -0.178. The Kier molecular flexibility index (Phi) is 3.76. The van der Waals surface area contributed by atoms with E-state index in [0.717, 1.165) is 5.75 Å². The van der Waals surface area contributed by atoms with E-state index in [1.54, 1.807) is 36.4 Å². The number of benzene rings is 2. The lowest BCUT2D eigenvalue weighted by atomic mass is 10.2. The first kappa shape index (κ1) is 14.1. The third-order valence-electron chi connectivity index (χ3n) is 3.31. The van der Waals surface area contributed by atoms with Gasteiger partial charge in [0.15, 0.2) is 0 Å². The van der Waals surface area contributed by atoms with Gasteiger partial charge in [-0.3, -0.25) is 10.2 Å². The average Bonchev–Trinajstić information content (AvgIpc) is 2.56. The summed E-state index contributed by atoms with van der Waals surface area (Å²) < 4.78 is 6.85. The maximum absolute atomic E-state index is 12.7. The van der Waals surface area contributed by atoms with Gasteiger partial charge >= 0.3 is 0 Å². The standard InChI is InChI=1S/C16H16N4O2/c1-2-22-12-9-7-11(8-10-12)20-15(21)13-5-3-4-6-14(13)18-16(20)19-17/h3-10H,2,17H2,1H3,(H,18,19). The van der Waals surface area contributed by atoms with Gasteiger partial charge in [-0.2, -0.15) is 0 Å². The zero-order valence-electron chi connectivity index (χ0n) is 12.1. The molecule has 0 spiro atoms. The van der Waals surface area contributed by atoms with Crippen LogP contribution in [0.15, 0.2) is 53.3 Å². The molecule has 0 aliphatic carbocycles. The number of nitrogens with two attached hydrogens (primary N) is 1. The highest BCUT2D eigenvalue weighted by Crippen LogP contribution is 2.18. The van der Waals surface area contributed by atoms with Crippen LogP contribution in [-0.2, 0) is 0 Å². The first-order valence-corrected chi connectivity index (χ1v) is 6.96. The number of aromatic nitrogens is 2. The topological polar surface area (TPSA) is 82.2 Å². The molecular weight excluding hydrogens is 280 g/mol. The SMILES string of the molecule is CCOc1ccc(-n2c(NN)nc3ccccc3c2=O)cc1. The number of ether oxygens (including phenoxy) is 1. The largest absolute Gasteiger partial charge is 0.494 e. The number of nitrogen functional groups attached to an aromatic ring is 1. The molecule has 3 rings (SSSR count). The molecule has 112 valence electrons. The van der Waals surface area contributed by atoms with Gasteiger partial charge in [0.25, 0.3) is 5.56 Å². The zero-order valence-corrected chi connectivity index (χ0v) is 12.1. The van der Waals surface area contributed by atoms with E-state index in [2.05, 4.69) is 10.4 Å². The van der Waals surface area contributed by atoms with Gasteiger partial charge < -0.3 is 4.74 Å². The first-order chi connectivity index (χ1) is 10.7. The van der Waals surface area contributed by atoms with Crippen molar-refractivity contribution in [3.05, 3.63) is 58.9 Å². The molecule has 0 saturated carbocycles. The molecular formula is C16H16N4O2. The van der Waals surface area contributed by atoms with Crippen LogP contribution in [0.4, 0.5) is 5.95 Å². The fraction of sp³-hybridized carbons (Fsp3) is 0.125. The fourth-order valence-corrected chi connectivity index (χ4v) is 2.33. The molecule has 3 N–H and O–H groups in total. The minimum Gasteiger partial charge on any atom is -0.494 e. The van der Waals surface area contributed by atoms with Crippen molar-refractivity contribution in [1.82, 2.24) is 9.55 Å². The highest BCUT2D eigenvalue weighted by Gasteiger charge is 2.11. The lowest BCUT2D eigenvalue weighted by Crippen LogP contribution is -2.25. The molecule has 0 amide bonds. The van der Waals surface area contributed by atoms with E-state index in [1.165, 1.54) is 4.57 Å². The quantitative estimate of drug-likeness (QED) is 0.569. The Morgan fingerprint density at radius 3 is 2.59 bits per heavy atom. The maximum Gasteiger partial charge on any atom is 0.267 e. The summed E-state index contributed by atoms with van der Waals surface area (Å²) in [6.07, 6.45) is 0. The minimum absolute atomic E-state index is 0.178. The molecule has 0 radical (unpaired) electrons. The molecule has 2 aromatic carbocycles. The molecule has 3 aromatic rings. The van der Waals surface area contributed by atoms with Crippen LogP contribution >= 0.6 is 0 Å². The number of fused-ring (bicyclic) bond motifs is 1. The normalized spacial score (nSPS) is 10.6. The number of nitrogens with one attached hydrogen (secondary N) is 1. The van der Waals surface area contributed by atoms with Gasteiger partial charge in [-0.1, -0.05) is 12.1 Å². The molecule has 0 aliphatic heterocycles. The summed E-state index contributed by atoms with van der Waals surface area (Å²) in [5, 5.41) is 0.537. The molecule has 0 fully saturated rings. The van der Waals surface area contributed by atoms with Gasteiger partial charge in [-0.05, 0) is 43.3 Å². The summed E-state index contributed by atoms with van der Waals surface area (Å²) in [5.41, 5.74) is 3.58. The number of rotatable bonds is 4. The van der Waals surface area contributed by atoms with Gasteiger partial charge in [0.1, 0.15) is 5.75 Å². The van der Waals surface area contributed by atoms with Gasteiger partial charge in [0.05, 0.1) is 23.2 Å². The van der Waals surface area contributed by atoms with Crippen LogP contribution in [0, 0.1) is 0 Å². The molecule has 6 nitrogen and oxygen atoms in total. The fourth-order valence-electron chi connectivity index (χ4n) is 2.33. The van der Waals surface area contributed by atoms with Crippen LogP contribution in [0.2, 0.25) is 0 Å². The van der Waals surface area contributed by atoms with Crippen molar-refractivity contribution in [2.75, 3.05) is 12.0 Å². The van der Waals surface area contributed by atoms with Gasteiger partial charge in [-0.25, -0.2) is 15.4 Å². The lowest BCUT2D eigenvalue weighted by molar-refractivity contribution is 0.340. The second-order valence-electron chi connectivity index (χ2n) is 4.66. The molecule has 0 atom stereocenters. The van der Waals surface area contributed by atoms with E-state index in [-0.39, 0.29) is 11.5 Å². The van der Waals surface area contributed by atoms with E-state index in [9.17, 15) is 4.79 Å².